The van der Waals surface area contributed by atoms with Gasteiger partial charge in [-0.25, -0.2) is 14.6 Å². The SMILES string of the molecule is CCc1nnc(NC(=O)N[C@@H](C(=O)O)C(C)C)nc1CC. The molecule has 1 aromatic rings. The molecule has 21 heavy (non-hydrogen) atoms. The van der Waals surface area contributed by atoms with Crippen LogP contribution in [0.3, 0.4) is 0 Å². The largest absolute Gasteiger partial charge is 0.480 e. The van der Waals surface area contributed by atoms with Crippen molar-refractivity contribution in [2.75, 3.05) is 5.32 Å². The Morgan fingerprint density at radius 2 is 1.76 bits per heavy atom. The van der Waals surface area contributed by atoms with E-state index in [0.29, 0.717) is 12.8 Å². The molecule has 1 aromatic heterocycles. The maximum atomic E-state index is 11.8. The van der Waals surface area contributed by atoms with Crippen LogP contribution in [0.25, 0.3) is 0 Å². The highest BCUT2D eigenvalue weighted by Gasteiger charge is 2.23. The van der Waals surface area contributed by atoms with Gasteiger partial charge in [0.25, 0.3) is 5.95 Å². The van der Waals surface area contributed by atoms with Crippen molar-refractivity contribution >= 4 is 17.9 Å². The average molecular weight is 295 g/mol. The third kappa shape index (κ3) is 4.66. The van der Waals surface area contributed by atoms with Crippen LogP contribution >= 0.6 is 0 Å². The van der Waals surface area contributed by atoms with Gasteiger partial charge < -0.3 is 10.4 Å². The fourth-order valence-corrected chi connectivity index (χ4v) is 1.78. The van der Waals surface area contributed by atoms with Gasteiger partial charge in [0.15, 0.2) is 0 Å². The first-order chi connectivity index (χ1) is 9.88. The van der Waals surface area contributed by atoms with Crippen molar-refractivity contribution in [1.29, 1.82) is 0 Å². The summed E-state index contributed by atoms with van der Waals surface area (Å²) in [5, 5.41) is 21.6. The topological polar surface area (TPSA) is 117 Å². The number of carbonyl (C=O) groups excluding carboxylic acids is 1. The summed E-state index contributed by atoms with van der Waals surface area (Å²) in [6.45, 7) is 7.31. The van der Waals surface area contributed by atoms with E-state index in [4.69, 9.17) is 5.11 Å². The molecule has 0 aromatic carbocycles. The Morgan fingerprint density at radius 3 is 2.24 bits per heavy atom. The second-order valence-corrected chi connectivity index (χ2v) is 4.89. The van der Waals surface area contributed by atoms with Crippen LogP contribution in [0.5, 0.6) is 0 Å². The van der Waals surface area contributed by atoms with Gasteiger partial charge in [-0.1, -0.05) is 27.7 Å². The number of carboxylic acids is 1. The van der Waals surface area contributed by atoms with Crippen LogP contribution < -0.4 is 10.6 Å². The predicted octanol–water partition coefficient (Wildman–Crippen LogP) is 1.23. The summed E-state index contributed by atoms with van der Waals surface area (Å²) in [6, 6.07) is -1.64. The maximum absolute atomic E-state index is 11.8. The third-order valence-electron chi connectivity index (χ3n) is 2.95. The molecule has 1 heterocycles. The summed E-state index contributed by atoms with van der Waals surface area (Å²) in [4.78, 5) is 27.0. The minimum absolute atomic E-state index is 0.0643. The van der Waals surface area contributed by atoms with Crippen LogP contribution in [0.2, 0.25) is 0 Å². The monoisotopic (exact) mass is 295 g/mol. The Hall–Kier alpha value is -2.25. The Balaban J connectivity index is 2.77. The lowest BCUT2D eigenvalue weighted by Gasteiger charge is -2.17. The number of aryl methyl sites for hydroxylation is 2. The summed E-state index contributed by atoms with van der Waals surface area (Å²) < 4.78 is 0. The van der Waals surface area contributed by atoms with E-state index < -0.39 is 18.0 Å². The van der Waals surface area contributed by atoms with Crippen LogP contribution in [-0.4, -0.2) is 38.3 Å². The molecular formula is C13H21N5O3. The van der Waals surface area contributed by atoms with E-state index in [1.165, 1.54) is 0 Å². The molecule has 1 atom stereocenters. The predicted molar refractivity (Wildman–Crippen MR) is 77.0 cm³/mol. The van der Waals surface area contributed by atoms with Crippen molar-refractivity contribution in [3.63, 3.8) is 0 Å². The van der Waals surface area contributed by atoms with Crippen LogP contribution in [0.1, 0.15) is 39.1 Å². The number of rotatable bonds is 6. The van der Waals surface area contributed by atoms with E-state index in [9.17, 15) is 9.59 Å². The Morgan fingerprint density at radius 1 is 1.14 bits per heavy atom. The van der Waals surface area contributed by atoms with Gasteiger partial charge in [-0.15, -0.1) is 10.2 Å². The molecule has 1 rings (SSSR count). The van der Waals surface area contributed by atoms with E-state index >= 15 is 0 Å². The molecule has 0 radical (unpaired) electrons. The molecule has 3 N–H and O–H groups in total. The van der Waals surface area contributed by atoms with Crippen molar-refractivity contribution in [2.24, 2.45) is 5.92 Å². The molecule has 0 aliphatic rings. The first-order valence-corrected chi connectivity index (χ1v) is 6.91. The van der Waals surface area contributed by atoms with Gasteiger partial charge in [-0.3, -0.25) is 5.32 Å². The molecule has 0 saturated heterocycles. The number of hydrogen-bond donors (Lipinski definition) is 3. The Kier molecular flexibility index (Phi) is 6.01. The highest BCUT2D eigenvalue weighted by molar-refractivity contribution is 5.90. The summed E-state index contributed by atoms with van der Waals surface area (Å²) in [5.74, 6) is -1.26. The summed E-state index contributed by atoms with van der Waals surface area (Å²) in [6.07, 6.45) is 1.39. The number of nitrogens with zero attached hydrogens (tertiary/aromatic N) is 3. The number of aliphatic carboxylic acids is 1. The fraction of sp³-hybridized carbons (Fsp3) is 0.615. The number of amides is 2. The van der Waals surface area contributed by atoms with E-state index in [-0.39, 0.29) is 11.9 Å². The number of nitrogens with one attached hydrogen (secondary N) is 2. The van der Waals surface area contributed by atoms with Gasteiger partial charge in [0, 0.05) is 0 Å². The zero-order valence-electron chi connectivity index (χ0n) is 12.7. The minimum Gasteiger partial charge on any atom is -0.480 e. The van der Waals surface area contributed by atoms with Crippen molar-refractivity contribution in [3.05, 3.63) is 11.4 Å². The van der Waals surface area contributed by atoms with Gasteiger partial charge in [-0.2, -0.15) is 0 Å². The molecule has 0 unspecified atom stereocenters. The van der Waals surface area contributed by atoms with E-state index in [2.05, 4.69) is 25.8 Å². The standard InChI is InChI=1S/C13H21N5O3/c1-5-8-9(6-2)17-18-12(14-8)16-13(21)15-10(7(3)4)11(19)20/h7,10H,5-6H2,1-4H3,(H,19,20)(H2,14,15,16,18,21)/t10-/m1/s1. The number of urea groups is 1. The fourth-order valence-electron chi connectivity index (χ4n) is 1.78. The number of aromatic nitrogens is 3. The van der Waals surface area contributed by atoms with Gasteiger partial charge in [0.2, 0.25) is 0 Å². The molecular weight excluding hydrogens is 274 g/mol. The van der Waals surface area contributed by atoms with Crippen molar-refractivity contribution in [3.8, 4) is 0 Å². The summed E-state index contributed by atoms with van der Waals surface area (Å²) in [7, 11) is 0. The van der Waals surface area contributed by atoms with Crippen molar-refractivity contribution < 1.29 is 14.7 Å². The number of anilines is 1. The first-order valence-electron chi connectivity index (χ1n) is 6.91. The lowest BCUT2D eigenvalue weighted by atomic mass is 10.1. The molecule has 2 amide bonds. The molecule has 116 valence electrons. The van der Waals surface area contributed by atoms with Crippen LogP contribution in [-0.2, 0) is 17.6 Å². The first kappa shape index (κ1) is 16.8. The smallest absolute Gasteiger partial charge is 0.326 e. The van der Waals surface area contributed by atoms with Gasteiger partial charge in [0.05, 0.1) is 11.4 Å². The number of hydrogen-bond acceptors (Lipinski definition) is 5. The molecule has 0 aliphatic heterocycles. The number of carbonyl (C=O) groups is 2. The second kappa shape index (κ2) is 7.51. The second-order valence-electron chi connectivity index (χ2n) is 4.89. The van der Waals surface area contributed by atoms with E-state index in [1.54, 1.807) is 13.8 Å². The molecule has 0 bridgehead atoms. The Bertz CT molecular complexity index is 519. The van der Waals surface area contributed by atoms with Crippen molar-refractivity contribution in [1.82, 2.24) is 20.5 Å². The van der Waals surface area contributed by atoms with E-state index in [0.717, 1.165) is 11.4 Å². The number of carboxylic acid groups (broad SMARTS) is 1. The quantitative estimate of drug-likeness (QED) is 0.726. The zero-order valence-corrected chi connectivity index (χ0v) is 12.7. The van der Waals surface area contributed by atoms with Crippen LogP contribution in [0.15, 0.2) is 0 Å². The van der Waals surface area contributed by atoms with Crippen LogP contribution in [0, 0.1) is 5.92 Å². The normalized spacial score (nSPS) is 12.0. The Labute approximate surface area is 123 Å². The highest BCUT2D eigenvalue weighted by Crippen LogP contribution is 2.07. The summed E-state index contributed by atoms with van der Waals surface area (Å²) in [5.41, 5.74) is 1.55. The lowest BCUT2D eigenvalue weighted by molar-refractivity contribution is -0.140. The average Bonchev–Trinajstić information content (AvgIpc) is 2.43. The summed E-state index contributed by atoms with van der Waals surface area (Å²) >= 11 is 0. The lowest BCUT2D eigenvalue weighted by Crippen LogP contribution is -2.46. The molecule has 8 heteroatoms. The van der Waals surface area contributed by atoms with Gasteiger partial charge in [-0.05, 0) is 18.8 Å². The van der Waals surface area contributed by atoms with Crippen molar-refractivity contribution in [2.45, 2.75) is 46.6 Å². The molecule has 0 saturated carbocycles. The van der Waals surface area contributed by atoms with Gasteiger partial charge in [0.1, 0.15) is 6.04 Å². The minimum atomic E-state index is -1.09. The maximum Gasteiger partial charge on any atom is 0.326 e. The molecule has 8 nitrogen and oxygen atoms in total. The molecule has 0 aliphatic carbocycles. The third-order valence-corrected chi connectivity index (χ3v) is 2.95. The highest BCUT2D eigenvalue weighted by atomic mass is 16.4. The van der Waals surface area contributed by atoms with Crippen LogP contribution in [0.4, 0.5) is 10.7 Å². The molecule has 0 spiro atoms. The molecule has 0 fully saturated rings. The zero-order chi connectivity index (χ0) is 16.0. The van der Waals surface area contributed by atoms with Gasteiger partial charge >= 0.3 is 12.0 Å². The van der Waals surface area contributed by atoms with E-state index in [1.807, 2.05) is 13.8 Å².